The highest BCUT2D eigenvalue weighted by atomic mass is 19.1. The van der Waals surface area contributed by atoms with Gasteiger partial charge in [0, 0.05) is 11.3 Å². The van der Waals surface area contributed by atoms with Gasteiger partial charge in [0.15, 0.2) is 0 Å². The van der Waals surface area contributed by atoms with Crippen molar-refractivity contribution in [3.8, 4) is 0 Å². The Balaban J connectivity index is 1.41. The summed E-state index contributed by atoms with van der Waals surface area (Å²) in [4.78, 5) is 0. The van der Waals surface area contributed by atoms with Crippen LogP contribution in [0, 0.1) is 11.7 Å². The van der Waals surface area contributed by atoms with Gasteiger partial charge in [-0.05, 0) is 41.7 Å². The van der Waals surface area contributed by atoms with E-state index in [-0.39, 0.29) is 23.3 Å². The van der Waals surface area contributed by atoms with Crippen molar-refractivity contribution >= 4 is 11.6 Å². The van der Waals surface area contributed by atoms with Crippen LogP contribution < -0.4 is 0 Å². The van der Waals surface area contributed by atoms with Crippen molar-refractivity contribution in [2.75, 3.05) is 0 Å². The molecule has 1 heterocycles. The van der Waals surface area contributed by atoms with E-state index in [0.717, 1.165) is 35.2 Å². The lowest BCUT2D eigenvalue weighted by atomic mass is 9.81. The first-order valence-electron chi connectivity index (χ1n) is 11.4. The van der Waals surface area contributed by atoms with Crippen LogP contribution in [0.5, 0.6) is 0 Å². The first kappa shape index (κ1) is 21.5. The van der Waals surface area contributed by atoms with Crippen molar-refractivity contribution in [3.63, 3.8) is 0 Å². The summed E-state index contributed by atoms with van der Waals surface area (Å²) >= 11 is 0. The van der Waals surface area contributed by atoms with Crippen molar-refractivity contribution in [1.82, 2.24) is 0 Å². The van der Waals surface area contributed by atoms with Crippen LogP contribution in [-0.4, -0.2) is 17.7 Å². The lowest BCUT2D eigenvalue weighted by molar-refractivity contribution is 0.0450. The normalized spacial score (nSPS) is 21.2. The summed E-state index contributed by atoms with van der Waals surface area (Å²) < 4.78 is 26.0. The van der Waals surface area contributed by atoms with Gasteiger partial charge in [-0.3, -0.25) is 0 Å². The molecule has 1 saturated carbocycles. The van der Waals surface area contributed by atoms with Crippen molar-refractivity contribution in [3.05, 3.63) is 107 Å². The third kappa shape index (κ3) is 4.60. The zero-order valence-corrected chi connectivity index (χ0v) is 18.7. The van der Waals surface area contributed by atoms with Crippen LogP contribution in [0.4, 0.5) is 4.39 Å². The Morgan fingerprint density at radius 3 is 2.03 bits per heavy atom. The smallest absolute Gasteiger partial charge is 0.239 e. The van der Waals surface area contributed by atoms with Gasteiger partial charge in [0.25, 0.3) is 0 Å². The number of halogens is 1. The highest BCUT2D eigenvalue weighted by molar-refractivity contribution is 6.04. The molecule has 1 aliphatic heterocycles. The first-order valence-corrected chi connectivity index (χ1v) is 11.4. The summed E-state index contributed by atoms with van der Waals surface area (Å²) in [6, 6.07) is 26.9. The third-order valence-electron chi connectivity index (χ3n) is 6.52. The van der Waals surface area contributed by atoms with E-state index in [0.29, 0.717) is 19.1 Å². The number of benzene rings is 3. The van der Waals surface area contributed by atoms with E-state index in [9.17, 15) is 4.39 Å². The van der Waals surface area contributed by atoms with Gasteiger partial charge < -0.3 is 9.47 Å². The number of rotatable bonds is 7. The summed E-state index contributed by atoms with van der Waals surface area (Å²) in [6.07, 6.45) is 1.60. The zero-order chi connectivity index (χ0) is 22.7. The number of hydrogen-bond acceptors (Lipinski definition) is 4. The van der Waals surface area contributed by atoms with Gasteiger partial charge in [0.05, 0.1) is 12.3 Å². The molecule has 1 fully saturated rings. The van der Waals surface area contributed by atoms with E-state index in [1.54, 1.807) is 0 Å². The summed E-state index contributed by atoms with van der Waals surface area (Å²) in [5, 5.41) is 9.15. The fourth-order valence-electron chi connectivity index (χ4n) is 4.54. The minimum Gasteiger partial charge on any atom is -0.473 e. The Kier molecular flexibility index (Phi) is 6.05. The zero-order valence-electron chi connectivity index (χ0n) is 18.7. The molecule has 2 unspecified atom stereocenters. The molecule has 2 atom stereocenters. The third-order valence-corrected chi connectivity index (χ3v) is 6.52. The Morgan fingerprint density at radius 2 is 1.42 bits per heavy atom. The molecule has 2 aliphatic rings. The molecule has 4 nitrogen and oxygen atoms in total. The number of hydrogen-bond donors (Lipinski definition) is 0. The molecule has 5 rings (SSSR count). The van der Waals surface area contributed by atoms with Gasteiger partial charge >= 0.3 is 0 Å². The second-order valence-electron chi connectivity index (χ2n) is 8.79. The Bertz CT molecular complexity index is 1140. The van der Waals surface area contributed by atoms with Crippen LogP contribution in [0.3, 0.4) is 0 Å². The highest BCUT2D eigenvalue weighted by Crippen LogP contribution is 2.52. The number of ether oxygens (including phenoxy) is 2. The molecule has 168 valence electrons. The van der Waals surface area contributed by atoms with Gasteiger partial charge in [-0.2, -0.15) is 5.10 Å². The predicted molar refractivity (Wildman–Crippen MR) is 128 cm³/mol. The maximum Gasteiger partial charge on any atom is 0.239 e. The summed E-state index contributed by atoms with van der Waals surface area (Å²) in [5.74, 6) is 0.248. The second-order valence-corrected chi connectivity index (χ2v) is 8.79. The van der Waals surface area contributed by atoms with E-state index in [4.69, 9.17) is 9.47 Å². The summed E-state index contributed by atoms with van der Waals surface area (Å²) in [6.45, 7) is 2.99. The minimum atomic E-state index is -0.348. The molecule has 0 bridgehead atoms. The molecule has 0 saturated heterocycles. The van der Waals surface area contributed by atoms with Gasteiger partial charge in [-0.1, -0.05) is 79.7 Å². The van der Waals surface area contributed by atoms with Crippen molar-refractivity contribution in [2.45, 2.75) is 44.5 Å². The molecule has 0 aromatic heterocycles. The molecule has 5 heteroatoms. The first-order chi connectivity index (χ1) is 16.2. The van der Waals surface area contributed by atoms with E-state index < -0.39 is 0 Å². The van der Waals surface area contributed by atoms with Crippen molar-refractivity contribution in [1.29, 1.82) is 0 Å². The van der Waals surface area contributed by atoms with Gasteiger partial charge in [-0.15, -0.1) is 5.10 Å². The average Bonchev–Trinajstić information content (AvgIpc) is 3.65. The van der Waals surface area contributed by atoms with Crippen LogP contribution in [0.15, 0.2) is 95.1 Å². The fraction of sp³-hybridized carbons (Fsp3) is 0.286. The van der Waals surface area contributed by atoms with E-state index >= 15 is 0 Å². The second kappa shape index (κ2) is 9.28. The van der Waals surface area contributed by atoms with E-state index in [1.807, 2.05) is 72.8 Å². The van der Waals surface area contributed by atoms with Gasteiger partial charge in [0.2, 0.25) is 5.90 Å². The monoisotopic (exact) mass is 442 g/mol. The molecule has 3 aromatic carbocycles. The van der Waals surface area contributed by atoms with Crippen molar-refractivity contribution in [2.24, 2.45) is 16.1 Å². The maximum atomic E-state index is 13.5. The van der Waals surface area contributed by atoms with Crippen LogP contribution in [0.25, 0.3) is 0 Å². The highest BCUT2D eigenvalue weighted by Gasteiger charge is 2.53. The van der Waals surface area contributed by atoms with Crippen LogP contribution in [0.2, 0.25) is 0 Å². The summed E-state index contributed by atoms with van der Waals surface area (Å²) in [5.41, 5.74) is 4.03. The van der Waals surface area contributed by atoms with Crippen LogP contribution in [0.1, 0.15) is 36.5 Å². The molecule has 3 aromatic rings. The van der Waals surface area contributed by atoms with Gasteiger partial charge in [0.1, 0.15) is 18.5 Å². The predicted octanol–water partition coefficient (Wildman–Crippen LogP) is 6.06. The molecule has 33 heavy (non-hydrogen) atoms. The van der Waals surface area contributed by atoms with Crippen LogP contribution >= 0.6 is 0 Å². The SMILES string of the molecule is CC1C(C2(c3ccc(F)cc3)CC2)=NN=C(OCc2ccccc2)C1OCc1ccccc1. The molecular formula is C28H27FN2O2. The Hall–Kier alpha value is -3.31. The topological polar surface area (TPSA) is 43.2 Å². The molecule has 1 aliphatic carbocycles. The molecular weight excluding hydrogens is 415 g/mol. The van der Waals surface area contributed by atoms with Crippen LogP contribution in [-0.2, 0) is 28.1 Å². The standard InChI is InChI=1S/C28H27FN2O2/c1-20-25(32-18-21-8-4-2-5-9-21)27(33-19-22-10-6-3-7-11-22)31-30-26(20)28(16-17-28)23-12-14-24(29)15-13-23/h2-15,20,25H,16-19H2,1H3. The largest absolute Gasteiger partial charge is 0.473 e. The average molecular weight is 443 g/mol. The van der Waals surface area contributed by atoms with Crippen molar-refractivity contribution < 1.29 is 13.9 Å². The minimum absolute atomic E-state index is 0.0236. The lowest BCUT2D eigenvalue weighted by Gasteiger charge is -2.32. The van der Waals surface area contributed by atoms with E-state index in [2.05, 4.69) is 17.1 Å². The molecule has 0 N–H and O–H groups in total. The quantitative estimate of drug-likeness (QED) is 0.446. The maximum absolute atomic E-state index is 13.5. The molecule has 0 radical (unpaired) electrons. The molecule has 0 amide bonds. The summed E-state index contributed by atoms with van der Waals surface area (Å²) in [7, 11) is 0. The Morgan fingerprint density at radius 1 is 0.818 bits per heavy atom. The molecule has 0 spiro atoms. The Labute approximate surface area is 193 Å². The lowest BCUT2D eigenvalue weighted by Crippen LogP contribution is -2.43. The van der Waals surface area contributed by atoms with E-state index in [1.165, 1.54) is 12.1 Å². The number of nitrogens with zero attached hydrogens (tertiary/aromatic N) is 2. The fourth-order valence-corrected chi connectivity index (χ4v) is 4.54. The van der Waals surface area contributed by atoms with Gasteiger partial charge in [-0.25, -0.2) is 4.39 Å².